The Hall–Kier alpha value is -2.00. The summed E-state index contributed by atoms with van der Waals surface area (Å²) in [5.74, 6) is -1.31. The molecule has 8 nitrogen and oxygen atoms in total. The lowest BCUT2D eigenvalue weighted by Gasteiger charge is -2.16. The number of hydrogen-bond donors (Lipinski definition) is 2. The van der Waals surface area contributed by atoms with Gasteiger partial charge in [0.1, 0.15) is 6.04 Å². The van der Waals surface area contributed by atoms with Gasteiger partial charge in [0.05, 0.1) is 4.92 Å². The third kappa shape index (κ3) is 4.49. The smallest absolute Gasteiger partial charge is 0.321 e. The number of sulfonamides is 1. The molecule has 1 aromatic rings. The van der Waals surface area contributed by atoms with Gasteiger partial charge in [0.2, 0.25) is 10.0 Å². The molecule has 0 saturated heterocycles. The number of nitrogens with one attached hydrogen (secondary N) is 1. The third-order valence-corrected chi connectivity index (χ3v) is 5.21. The largest absolute Gasteiger partial charge is 0.480 e. The minimum Gasteiger partial charge on any atom is -0.480 e. The van der Waals surface area contributed by atoms with Crippen molar-refractivity contribution >= 4 is 21.7 Å². The van der Waals surface area contributed by atoms with Crippen LogP contribution in [0.1, 0.15) is 37.3 Å². The summed E-state index contributed by atoms with van der Waals surface area (Å²) in [6, 6.07) is 1.25. The first-order valence-electron chi connectivity index (χ1n) is 7.11. The molecule has 0 aliphatic rings. The van der Waals surface area contributed by atoms with Gasteiger partial charge in [-0.2, -0.15) is 4.72 Å². The van der Waals surface area contributed by atoms with E-state index < -0.39 is 37.5 Å². The second-order valence-electron chi connectivity index (χ2n) is 5.27. The van der Waals surface area contributed by atoms with Crippen molar-refractivity contribution in [2.45, 2.75) is 51.0 Å². The number of rotatable bonds is 8. The summed E-state index contributed by atoms with van der Waals surface area (Å²) in [4.78, 5) is 21.1. The number of hydrogen-bond acceptors (Lipinski definition) is 5. The highest BCUT2D eigenvalue weighted by atomic mass is 32.2. The molecule has 2 N–H and O–H groups in total. The number of aryl methyl sites for hydroxylation is 1. The second-order valence-corrected chi connectivity index (χ2v) is 6.92. The fourth-order valence-corrected chi connectivity index (χ4v) is 3.84. The number of aliphatic carboxylic acids is 1. The zero-order valence-electron chi connectivity index (χ0n) is 13.2. The lowest BCUT2D eigenvalue weighted by Crippen LogP contribution is -2.41. The van der Waals surface area contributed by atoms with E-state index >= 15 is 0 Å². The van der Waals surface area contributed by atoms with Crippen molar-refractivity contribution in [2.75, 3.05) is 0 Å². The first-order chi connectivity index (χ1) is 10.6. The Bertz CT molecular complexity index is 714. The van der Waals surface area contributed by atoms with E-state index in [1.807, 2.05) is 6.92 Å². The molecular weight excluding hydrogens is 324 g/mol. The minimum absolute atomic E-state index is 0.115. The molecular formula is C14H20N2O6S. The zero-order valence-corrected chi connectivity index (χ0v) is 14.0. The summed E-state index contributed by atoms with van der Waals surface area (Å²) < 4.78 is 27.1. The topological polar surface area (TPSA) is 127 Å². The summed E-state index contributed by atoms with van der Waals surface area (Å²) >= 11 is 0. The van der Waals surface area contributed by atoms with Gasteiger partial charge in [0.25, 0.3) is 5.69 Å². The van der Waals surface area contributed by atoms with Crippen molar-refractivity contribution in [2.24, 2.45) is 0 Å². The maximum atomic E-state index is 12.5. The molecule has 0 fully saturated rings. The van der Waals surface area contributed by atoms with E-state index in [0.717, 1.165) is 6.07 Å². The van der Waals surface area contributed by atoms with Crippen molar-refractivity contribution in [1.29, 1.82) is 0 Å². The highest BCUT2D eigenvalue weighted by molar-refractivity contribution is 7.89. The number of carbonyl (C=O) groups is 1. The first-order valence-corrected chi connectivity index (χ1v) is 8.59. The number of nitro groups is 1. The van der Waals surface area contributed by atoms with Crippen molar-refractivity contribution < 1.29 is 23.2 Å². The molecule has 128 valence electrons. The number of nitrogens with zero attached hydrogens (tertiary/aromatic N) is 1. The van der Waals surface area contributed by atoms with E-state index in [4.69, 9.17) is 5.11 Å². The normalized spacial score (nSPS) is 12.8. The van der Waals surface area contributed by atoms with Crippen LogP contribution in [0, 0.1) is 24.0 Å². The van der Waals surface area contributed by atoms with Crippen molar-refractivity contribution in [1.82, 2.24) is 4.72 Å². The number of benzene rings is 1. The molecule has 1 atom stereocenters. The van der Waals surface area contributed by atoms with Crippen LogP contribution in [0.3, 0.4) is 0 Å². The maximum absolute atomic E-state index is 12.5. The SMILES string of the molecule is CCCC[C@H](NS(=O)(=O)c1c([N+](=O)[O-])ccc(C)c1C)C(=O)O. The molecule has 9 heteroatoms. The predicted octanol–water partition coefficient (Wildman–Crippen LogP) is 2.13. The molecule has 1 aromatic carbocycles. The number of nitro benzene ring substituents is 1. The van der Waals surface area contributed by atoms with Gasteiger partial charge in [-0.3, -0.25) is 14.9 Å². The molecule has 0 amide bonds. The molecule has 0 spiro atoms. The molecule has 0 bridgehead atoms. The van der Waals surface area contributed by atoms with Crippen LogP contribution in [0.5, 0.6) is 0 Å². The summed E-state index contributed by atoms with van der Waals surface area (Å²) in [6.07, 6.45) is 1.34. The molecule has 0 saturated carbocycles. The van der Waals surface area contributed by atoms with E-state index in [1.165, 1.54) is 13.0 Å². The molecule has 0 radical (unpaired) electrons. The second kappa shape index (κ2) is 7.51. The van der Waals surface area contributed by atoms with Crippen LogP contribution < -0.4 is 4.72 Å². The van der Waals surface area contributed by atoms with E-state index in [9.17, 15) is 23.3 Å². The van der Waals surface area contributed by atoms with Gasteiger partial charge in [0.15, 0.2) is 4.90 Å². The van der Waals surface area contributed by atoms with E-state index in [1.54, 1.807) is 6.92 Å². The van der Waals surface area contributed by atoms with Gasteiger partial charge < -0.3 is 5.11 Å². The number of unbranched alkanes of at least 4 members (excludes halogenated alkanes) is 1. The Morgan fingerprint density at radius 3 is 2.48 bits per heavy atom. The van der Waals surface area contributed by atoms with Crippen molar-refractivity contribution in [3.8, 4) is 0 Å². The molecule has 1 rings (SSSR count). The number of carboxylic acids is 1. The Kier molecular flexibility index (Phi) is 6.22. The maximum Gasteiger partial charge on any atom is 0.321 e. The van der Waals surface area contributed by atoms with Gasteiger partial charge in [0, 0.05) is 6.07 Å². The fraction of sp³-hybridized carbons (Fsp3) is 0.500. The van der Waals surface area contributed by atoms with Gasteiger partial charge in [-0.15, -0.1) is 0 Å². The highest BCUT2D eigenvalue weighted by Crippen LogP contribution is 2.29. The molecule has 0 heterocycles. The quantitative estimate of drug-likeness (QED) is 0.549. The highest BCUT2D eigenvalue weighted by Gasteiger charge is 2.32. The lowest BCUT2D eigenvalue weighted by atomic mass is 10.1. The van der Waals surface area contributed by atoms with Crippen LogP contribution >= 0.6 is 0 Å². The van der Waals surface area contributed by atoms with Gasteiger partial charge >= 0.3 is 5.97 Å². The van der Waals surface area contributed by atoms with E-state index in [-0.39, 0.29) is 12.0 Å². The van der Waals surface area contributed by atoms with Crippen LogP contribution in [0.4, 0.5) is 5.69 Å². The molecule has 0 unspecified atom stereocenters. The monoisotopic (exact) mass is 344 g/mol. The first kappa shape index (κ1) is 19.0. The zero-order chi connectivity index (χ0) is 17.8. The Morgan fingerprint density at radius 2 is 2.00 bits per heavy atom. The van der Waals surface area contributed by atoms with Gasteiger partial charge in [-0.1, -0.05) is 25.8 Å². The summed E-state index contributed by atoms with van der Waals surface area (Å²) in [7, 11) is -4.34. The van der Waals surface area contributed by atoms with Crippen LogP contribution in [0.25, 0.3) is 0 Å². The van der Waals surface area contributed by atoms with Crippen LogP contribution in [0.15, 0.2) is 17.0 Å². The van der Waals surface area contributed by atoms with E-state index in [0.29, 0.717) is 18.4 Å². The Balaban J connectivity index is 3.35. The lowest BCUT2D eigenvalue weighted by molar-refractivity contribution is -0.387. The van der Waals surface area contributed by atoms with Gasteiger partial charge in [-0.25, -0.2) is 8.42 Å². The van der Waals surface area contributed by atoms with Crippen LogP contribution in [0.2, 0.25) is 0 Å². The summed E-state index contributed by atoms with van der Waals surface area (Å²) in [5.41, 5.74) is 0.225. The van der Waals surface area contributed by atoms with E-state index in [2.05, 4.69) is 4.72 Å². The molecule has 0 aliphatic carbocycles. The summed E-state index contributed by atoms with van der Waals surface area (Å²) in [6.45, 7) is 4.94. The Morgan fingerprint density at radius 1 is 1.39 bits per heavy atom. The molecule has 0 aliphatic heterocycles. The van der Waals surface area contributed by atoms with Crippen molar-refractivity contribution in [3.63, 3.8) is 0 Å². The number of carboxylic acid groups (broad SMARTS) is 1. The summed E-state index contributed by atoms with van der Waals surface area (Å²) in [5, 5.41) is 20.3. The molecule has 0 aromatic heterocycles. The predicted molar refractivity (Wildman–Crippen MR) is 83.8 cm³/mol. The average molecular weight is 344 g/mol. The molecule has 23 heavy (non-hydrogen) atoms. The minimum atomic E-state index is -4.34. The van der Waals surface area contributed by atoms with Crippen LogP contribution in [-0.2, 0) is 14.8 Å². The Labute approximate surface area is 134 Å². The van der Waals surface area contributed by atoms with Crippen LogP contribution in [-0.4, -0.2) is 30.5 Å². The van der Waals surface area contributed by atoms with Gasteiger partial charge in [-0.05, 0) is 31.4 Å². The fourth-order valence-electron chi connectivity index (χ4n) is 2.15. The van der Waals surface area contributed by atoms with Crippen molar-refractivity contribution in [3.05, 3.63) is 33.4 Å². The average Bonchev–Trinajstić information content (AvgIpc) is 2.45. The standard InChI is InChI=1S/C14H20N2O6S/c1-4-5-6-11(14(17)18)15-23(21,22)13-10(3)9(2)7-8-12(13)16(19)20/h7-8,11,15H,4-6H2,1-3H3,(H,17,18)/t11-/m0/s1. The third-order valence-electron chi connectivity index (χ3n) is 3.56.